The summed E-state index contributed by atoms with van der Waals surface area (Å²) in [6.07, 6.45) is 0. The standard InChI is InChI=1S/C16H13N3O5/c1-23-13-8-4-6-11(14(13)20)16(22)24-9-19-15(21)10-5-2-3-7-12(10)17-18-19/h2-8,20H,9H2,1H3. The highest BCUT2D eigenvalue weighted by molar-refractivity contribution is 5.93. The zero-order valence-electron chi connectivity index (χ0n) is 12.7. The first kappa shape index (κ1) is 15.5. The zero-order chi connectivity index (χ0) is 17.1. The highest BCUT2D eigenvalue weighted by atomic mass is 16.5. The van der Waals surface area contributed by atoms with Crippen molar-refractivity contribution < 1.29 is 19.4 Å². The van der Waals surface area contributed by atoms with Crippen LogP contribution in [0.5, 0.6) is 11.5 Å². The second-order valence-corrected chi connectivity index (χ2v) is 4.83. The van der Waals surface area contributed by atoms with Crippen molar-refractivity contribution in [3.05, 3.63) is 58.4 Å². The lowest BCUT2D eigenvalue weighted by Gasteiger charge is -2.09. The molecule has 0 bridgehead atoms. The van der Waals surface area contributed by atoms with Gasteiger partial charge >= 0.3 is 5.97 Å². The number of aromatic nitrogens is 3. The van der Waals surface area contributed by atoms with Crippen molar-refractivity contribution in [2.24, 2.45) is 0 Å². The molecule has 0 atom stereocenters. The van der Waals surface area contributed by atoms with E-state index in [-0.39, 0.29) is 17.1 Å². The van der Waals surface area contributed by atoms with E-state index in [1.54, 1.807) is 24.3 Å². The Balaban J connectivity index is 1.82. The predicted molar refractivity (Wildman–Crippen MR) is 83.9 cm³/mol. The summed E-state index contributed by atoms with van der Waals surface area (Å²) in [5.41, 5.74) is -0.0464. The number of phenolic OH excluding ortho intramolecular Hbond substituents is 1. The van der Waals surface area contributed by atoms with Crippen LogP contribution < -0.4 is 10.3 Å². The third-order valence-electron chi connectivity index (χ3n) is 3.39. The fraction of sp³-hybridized carbons (Fsp3) is 0.125. The minimum absolute atomic E-state index is 0.0730. The molecule has 24 heavy (non-hydrogen) atoms. The second kappa shape index (κ2) is 6.37. The molecule has 0 aliphatic carbocycles. The van der Waals surface area contributed by atoms with Crippen molar-refractivity contribution in [3.8, 4) is 11.5 Å². The van der Waals surface area contributed by atoms with Gasteiger partial charge in [-0.05, 0) is 24.3 Å². The average Bonchev–Trinajstić information content (AvgIpc) is 2.61. The molecule has 122 valence electrons. The van der Waals surface area contributed by atoms with Gasteiger partial charge in [0.15, 0.2) is 18.2 Å². The number of aromatic hydroxyl groups is 1. The summed E-state index contributed by atoms with van der Waals surface area (Å²) in [6, 6.07) is 11.1. The van der Waals surface area contributed by atoms with Gasteiger partial charge in [-0.3, -0.25) is 4.79 Å². The van der Waals surface area contributed by atoms with E-state index in [1.165, 1.54) is 25.3 Å². The lowest BCUT2D eigenvalue weighted by atomic mass is 10.2. The highest BCUT2D eigenvalue weighted by Gasteiger charge is 2.17. The Kier molecular flexibility index (Phi) is 4.11. The molecular formula is C16H13N3O5. The highest BCUT2D eigenvalue weighted by Crippen LogP contribution is 2.29. The van der Waals surface area contributed by atoms with Gasteiger partial charge in [-0.2, -0.15) is 4.68 Å². The van der Waals surface area contributed by atoms with Gasteiger partial charge in [0, 0.05) is 0 Å². The number of benzene rings is 2. The van der Waals surface area contributed by atoms with Crippen molar-refractivity contribution in [1.82, 2.24) is 15.0 Å². The van der Waals surface area contributed by atoms with E-state index < -0.39 is 18.3 Å². The van der Waals surface area contributed by atoms with Crippen LogP contribution in [0.4, 0.5) is 0 Å². The van der Waals surface area contributed by atoms with Crippen LogP contribution in [0.2, 0.25) is 0 Å². The van der Waals surface area contributed by atoms with Crippen molar-refractivity contribution in [1.29, 1.82) is 0 Å². The van der Waals surface area contributed by atoms with Gasteiger partial charge in [-0.25, -0.2) is 4.79 Å². The molecule has 0 aliphatic rings. The summed E-state index contributed by atoms with van der Waals surface area (Å²) >= 11 is 0. The molecule has 0 aliphatic heterocycles. The van der Waals surface area contributed by atoms with E-state index in [1.807, 2.05) is 0 Å². The Labute approximate surface area is 135 Å². The molecule has 1 heterocycles. The third-order valence-corrected chi connectivity index (χ3v) is 3.39. The molecule has 2 aromatic carbocycles. The number of phenols is 1. The predicted octanol–water partition coefficient (Wildman–Crippen LogP) is 1.32. The van der Waals surface area contributed by atoms with Crippen molar-refractivity contribution in [2.45, 2.75) is 6.73 Å². The van der Waals surface area contributed by atoms with Gasteiger partial charge in [0.05, 0.1) is 12.5 Å². The molecule has 1 N–H and O–H groups in total. The molecule has 8 heteroatoms. The number of fused-ring (bicyclic) bond motifs is 1. The summed E-state index contributed by atoms with van der Waals surface area (Å²) in [5, 5.41) is 17.9. The van der Waals surface area contributed by atoms with Crippen LogP contribution in [-0.4, -0.2) is 33.2 Å². The second-order valence-electron chi connectivity index (χ2n) is 4.83. The van der Waals surface area contributed by atoms with E-state index in [4.69, 9.17) is 9.47 Å². The van der Waals surface area contributed by atoms with E-state index in [0.29, 0.717) is 10.9 Å². The van der Waals surface area contributed by atoms with Gasteiger partial charge in [0.2, 0.25) is 0 Å². The van der Waals surface area contributed by atoms with Crippen LogP contribution in [0.3, 0.4) is 0 Å². The van der Waals surface area contributed by atoms with Crippen LogP contribution in [0, 0.1) is 0 Å². The molecule has 1 aromatic heterocycles. The topological polar surface area (TPSA) is 104 Å². The molecule has 3 aromatic rings. The van der Waals surface area contributed by atoms with Gasteiger partial charge in [0.1, 0.15) is 11.1 Å². The molecule has 0 unspecified atom stereocenters. The lowest BCUT2D eigenvalue weighted by Crippen LogP contribution is -2.26. The number of hydrogen-bond donors (Lipinski definition) is 1. The number of carbonyl (C=O) groups excluding carboxylic acids is 1. The smallest absolute Gasteiger partial charge is 0.343 e. The Bertz CT molecular complexity index is 967. The maximum atomic E-state index is 12.2. The Hall–Kier alpha value is -3.42. The molecule has 0 radical (unpaired) electrons. The Morgan fingerprint density at radius 2 is 2.00 bits per heavy atom. The molecule has 8 nitrogen and oxygen atoms in total. The largest absolute Gasteiger partial charge is 0.504 e. The maximum Gasteiger partial charge on any atom is 0.343 e. The molecule has 0 amide bonds. The van der Waals surface area contributed by atoms with Crippen molar-refractivity contribution in [2.75, 3.05) is 7.11 Å². The number of rotatable bonds is 4. The number of para-hydroxylation sites is 1. The number of methoxy groups -OCH3 is 1. The Morgan fingerprint density at radius 3 is 2.79 bits per heavy atom. The van der Waals surface area contributed by atoms with Crippen LogP contribution in [-0.2, 0) is 11.5 Å². The van der Waals surface area contributed by atoms with E-state index in [0.717, 1.165) is 4.68 Å². The minimum atomic E-state index is -0.812. The molecule has 0 spiro atoms. The first-order valence-corrected chi connectivity index (χ1v) is 6.97. The molecule has 0 saturated heterocycles. The number of nitrogens with zero attached hydrogens (tertiary/aromatic N) is 3. The lowest BCUT2D eigenvalue weighted by molar-refractivity contribution is 0.0332. The van der Waals surface area contributed by atoms with Gasteiger partial charge in [-0.1, -0.05) is 23.4 Å². The summed E-state index contributed by atoms with van der Waals surface area (Å²) in [4.78, 5) is 24.3. The first-order valence-electron chi connectivity index (χ1n) is 6.97. The zero-order valence-corrected chi connectivity index (χ0v) is 12.7. The monoisotopic (exact) mass is 327 g/mol. The first-order chi connectivity index (χ1) is 11.6. The number of hydrogen-bond acceptors (Lipinski definition) is 7. The fourth-order valence-corrected chi connectivity index (χ4v) is 2.16. The Morgan fingerprint density at radius 1 is 1.21 bits per heavy atom. The van der Waals surface area contributed by atoms with E-state index in [2.05, 4.69) is 10.3 Å². The van der Waals surface area contributed by atoms with Crippen molar-refractivity contribution >= 4 is 16.9 Å². The molecular weight excluding hydrogens is 314 g/mol. The average molecular weight is 327 g/mol. The van der Waals surface area contributed by atoms with E-state index in [9.17, 15) is 14.7 Å². The summed E-state index contributed by atoms with van der Waals surface area (Å²) in [5.74, 6) is -0.998. The van der Waals surface area contributed by atoms with Gasteiger partial charge < -0.3 is 14.6 Å². The quantitative estimate of drug-likeness (QED) is 0.721. The third kappa shape index (κ3) is 2.76. The number of ether oxygens (including phenoxy) is 2. The number of esters is 1. The molecule has 0 saturated carbocycles. The van der Waals surface area contributed by atoms with Crippen LogP contribution >= 0.6 is 0 Å². The normalized spacial score (nSPS) is 10.5. The van der Waals surface area contributed by atoms with Crippen LogP contribution in [0.1, 0.15) is 10.4 Å². The van der Waals surface area contributed by atoms with Crippen LogP contribution in [0.25, 0.3) is 10.9 Å². The summed E-state index contributed by atoms with van der Waals surface area (Å²) in [6.45, 7) is -0.424. The fourth-order valence-electron chi connectivity index (χ4n) is 2.16. The maximum absolute atomic E-state index is 12.2. The summed E-state index contributed by atoms with van der Waals surface area (Å²) in [7, 11) is 1.37. The van der Waals surface area contributed by atoms with Gasteiger partial charge in [0.25, 0.3) is 5.56 Å². The molecule has 0 fully saturated rings. The number of carbonyl (C=O) groups is 1. The van der Waals surface area contributed by atoms with Gasteiger partial charge in [-0.15, -0.1) is 5.10 Å². The molecule has 3 rings (SSSR count). The van der Waals surface area contributed by atoms with E-state index >= 15 is 0 Å². The van der Waals surface area contributed by atoms with Crippen LogP contribution in [0.15, 0.2) is 47.3 Å². The minimum Gasteiger partial charge on any atom is -0.504 e. The summed E-state index contributed by atoms with van der Waals surface area (Å²) < 4.78 is 10.9. The van der Waals surface area contributed by atoms with Crippen molar-refractivity contribution in [3.63, 3.8) is 0 Å². The SMILES string of the molecule is COc1cccc(C(=O)OCn2nnc3ccccc3c2=O)c1O.